The molecule has 0 rings (SSSR count). The van der Waals surface area contributed by atoms with Crippen LogP contribution in [-0.2, 0) is 4.84 Å². The van der Waals surface area contributed by atoms with Crippen molar-refractivity contribution in [3.8, 4) is 0 Å². The molecule has 0 radical (unpaired) electrons. The van der Waals surface area contributed by atoms with E-state index < -0.39 is 0 Å². The Labute approximate surface area is 64.9 Å². The van der Waals surface area contributed by atoms with Crippen LogP contribution in [0.15, 0.2) is 0 Å². The fourth-order valence-corrected chi connectivity index (χ4v) is 0. The van der Waals surface area contributed by atoms with Crippen LogP contribution in [0.2, 0.25) is 0 Å². The molecule has 7 heavy (non-hydrogen) atoms. The van der Waals surface area contributed by atoms with Gasteiger partial charge in [0.1, 0.15) is 0 Å². The van der Waals surface area contributed by atoms with Gasteiger partial charge in [0.25, 0.3) is 0 Å². The van der Waals surface area contributed by atoms with Crippen molar-refractivity contribution in [2.75, 3.05) is 0 Å². The molecule has 42 valence electrons. The molecule has 0 aromatic rings. The summed E-state index contributed by atoms with van der Waals surface area (Å²) in [5.74, 6) is 8.97. The topological polar surface area (TPSA) is 99.5 Å². The molecule has 5 N–H and O–H groups in total. The third-order valence-corrected chi connectivity index (χ3v) is 0.0609. The van der Waals surface area contributed by atoms with E-state index in [2.05, 4.69) is 10.7 Å². The van der Waals surface area contributed by atoms with Gasteiger partial charge < -0.3 is 21.0 Å². The van der Waals surface area contributed by atoms with Gasteiger partial charge in [-0.05, 0) is 0 Å². The molecule has 6 heteroatoms. The molecule has 0 aromatic carbocycles. The quantitative estimate of drug-likeness (QED) is 0.457. The number of nitrogens with two attached hydrogens (primary N) is 1. The maximum absolute atomic E-state index is 7.40. The van der Waals surface area contributed by atoms with Gasteiger partial charge in [-0.1, -0.05) is 6.79 Å². The molecule has 0 aromatic heterocycles. The van der Waals surface area contributed by atoms with Crippen molar-refractivity contribution in [3.63, 3.8) is 0 Å². The van der Waals surface area contributed by atoms with Crippen LogP contribution in [0.5, 0.6) is 0 Å². The van der Waals surface area contributed by atoms with Crippen LogP contribution in [-0.4, -0.2) is 10.3 Å². The first-order valence-corrected chi connectivity index (χ1v) is 0.953. The summed E-state index contributed by atoms with van der Waals surface area (Å²) in [6.07, 6.45) is 0. The Morgan fingerprint density at radius 2 is 1.71 bits per heavy atom. The van der Waals surface area contributed by atoms with E-state index >= 15 is 0 Å². The largest absolute Gasteiger partial charge is 2.00 e. The summed E-state index contributed by atoms with van der Waals surface area (Å²) in [5.41, 5.74) is 0. The molecule has 0 spiro atoms. The molecule has 5 nitrogen and oxygen atoms in total. The molecule has 0 fully saturated rings. The molecule has 0 aliphatic carbocycles. The predicted molar refractivity (Wildman–Crippen MR) is 17.6 cm³/mol. The number of aliphatic hydroxyl groups excluding tert-OH is 1. The average molecular weight is 332 g/mol. The van der Waals surface area contributed by atoms with Gasteiger partial charge in [0.05, 0.1) is 0 Å². The number of rotatable bonds is 1. The maximum Gasteiger partial charge on any atom is 2.00 e. The fraction of sp³-hybridized carbons (Fsp3) is 0. The summed E-state index contributed by atoms with van der Waals surface area (Å²) in [5, 5.41) is 13.7. The zero-order chi connectivity index (χ0) is 5.41. The minimum atomic E-state index is 0. The van der Waals surface area contributed by atoms with Crippen molar-refractivity contribution in [2.24, 2.45) is 5.90 Å². The molecule has 0 bridgehead atoms. The van der Waals surface area contributed by atoms with E-state index in [1.54, 1.807) is 0 Å². The normalized spacial score (nSPS) is 5.14. The molecule has 0 aliphatic heterocycles. The SMILES string of the molecule is NO[CH-]O.[NH-]O.[U+2]. The summed E-state index contributed by atoms with van der Waals surface area (Å²) < 4.78 is 0. The Kier molecular flexibility index (Phi) is 64.5. The second-order valence-corrected chi connectivity index (χ2v) is 0.241. The maximum atomic E-state index is 7.40. The van der Waals surface area contributed by atoms with Gasteiger partial charge in [-0.3, -0.25) is 0 Å². The third-order valence-electron chi connectivity index (χ3n) is 0.0609. The summed E-state index contributed by atoms with van der Waals surface area (Å²) >= 11 is 0. The van der Waals surface area contributed by atoms with Gasteiger partial charge in [-0.15, -0.1) is 0 Å². The van der Waals surface area contributed by atoms with E-state index in [4.69, 9.17) is 16.2 Å². The second-order valence-electron chi connectivity index (χ2n) is 0.241. The summed E-state index contributed by atoms with van der Waals surface area (Å²) in [6, 6.07) is 0. The first-order chi connectivity index (χ1) is 2.91. The molecule has 0 heterocycles. The number of hydrogen-bond donors (Lipinski definition) is 3. The van der Waals surface area contributed by atoms with E-state index in [0.717, 1.165) is 0 Å². The van der Waals surface area contributed by atoms with Crippen LogP contribution in [0, 0.1) is 37.9 Å². The van der Waals surface area contributed by atoms with Crippen molar-refractivity contribution < 1.29 is 46.3 Å². The van der Waals surface area contributed by atoms with Crippen LogP contribution in [0.1, 0.15) is 0 Å². The molecular weight excluding hydrogens is 326 g/mol. The number of hydrogen-bond acceptors (Lipinski definition) is 4. The Morgan fingerprint density at radius 1 is 1.57 bits per heavy atom. The van der Waals surface area contributed by atoms with E-state index in [1.807, 2.05) is 0 Å². The van der Waals surface area contributed by atoms with Gasteiger partial charge in [0, 0.05) is 0 Å². The molecule has 0 aliphatic rings. The van der Waals surface area contributed by atoms with Gasteiger partial charge in [-0.2, -0.15) is 0 Å². The van der Waals surface area contributed by atoms with Gasteiger partial charge in [0.15, 0.2) is 0 Å². The minimum absolute atomic E-state index is 0. The average Bonchev–Trinajstić information content (AvgIpc) is 1.72. The zero-order valence-corrected chi connectivity index (χ0v) is 7.62. The van der Waals surface area contributed by atoms with Crippen molar-refractivity contribution in [3.05, 3.63) is 12.7 Å². The third kappa shape index (κ3) is 47.0. The number of aliphatic hydroxyl groups is 1. The summed E-state index contributed by atoms with van der Waals surface area (Å²) in [7, 11) is 0. The standard InChI is InChI=1S/CH4NO2.H2NO.U/c2-4-1-3;1-2;/h1,3H,2H2;1-2H;/q2*-1;+2. The predicted octanol–water partition coefficient (Wildman–Crippen LogP) is -0.204. The first-order valence-electron chi connectivity index (χ1n) is 0.953. The van der Waals surface area contributed by atoms with E-state index in [0.29, 0.717) is 6.79 Å². The van der Waals surface area contributed by atoms with E-state index in [9.17, 15) is 0 Å². The monoisotopic (exact) mass is 332 g/mol. The van der Waals surface area contributed by atoms with Crippen LogP contribution >= 0.6 is 0 Å². The minimum Gasteiger partial charge on any atom is -0.553 e. The molecule has 0 unspecified atom stereocenters. The van der Waals surface area contributed by atoms with E-state index in [1.165, 1.54) is 0 Å². The molecule has 0 saturated carbocycles. The van der Waals surface area contributed by atoms with Crippen molar-refractivity contribution in [1.29, 1.82) is 0 Å². The molecule has 0 atom stereocenters. The van der Waals surface area contributed by atoms with Gasteiger partial charge in [-0.25, -0.2) is 5.90 Å². The molecular formula is CH6N2O3U. The van der Waals surface area contributed by atoms with Crippen LogP contribution < -0.4 is 5.90 Å². The summed E-state index contributed by atoms with van der Waals surface area (Å²) in [6.45, 7) is 0.403. The Morgan fingerprint density at radius 3 is 1.71 bits per heavy atom. The summed E-state index contributed by atoms with van der Waals surface area (Å²) in [4.78, 5) is 3.47. The van der Waals surface area contributed by atoms with Gasteiger partial charge in [0.2, 0.25) is 0 Å². The smallest absolute Gasteiger partial charge is 0.553 e. The Hall–Kier alpha value is 0.852. The zero-order valence-electron chi connectivity index (χ0n) is 3.46. The Bertz CT molecular complexity index is 14.9. The van der Waals surface area contributed by atoms with Crippen LogP contribution in [0.25, 0.3) is 5.90 Å². The molecule has 0 amide bonds. The van der Waals surface area contributed by atoms with Crippen LogP contribution in [0.4, 0.5) is 0 Å². The number of nitrogens with one attached hydrogen (secondary N) is 1. The van der Waals surface area contributed by atoms with Crippen molar-refractivity contribution in [2.45, 2.75) is 0 Å². The molecule has 0 saturated heterocycles. The van der Waals surface area contributed by atoms with Crippen molar-refractivity contribution >= 4 is 0 Å². The van der Waals surface area contributed by atoms with Gasteiger partial charge >= 0.3 is 31.1 Å². The van der Waals surface area contributed by atoms with Crippen molar-refractivity contribution in [1.82, 2.24) is 0 Å². The Balaban J connectivity index is -0.0000000480. The second kappa shape index (κ2) is 28.8. The van der Waals surface area contributed by atoms with Crippen LogP contribution in [0.3, 0.4) is 0 Å². The first kappa shape index (κ1) is 15.7. The van der Waals surface area contributed by atoms with E-state index in [-0.39, 0.29) is 31.1 Å². The fourth-order valence-electron chi connectivity index (χ4n) is 0.